The first-order valence-electron chi connectivity index (χ1n) is 6.81. The van der Waals surface area contributed by atoms with Crippen LogP contribution in [0.4, 0.5) is 10.1 Å². The number of halogens is 1. The average molecular weight is 317 g/mol. The third kappa shape index (κ3) is 3.63. The number of nitrogens with one attached hydrogen (secondary N) is 1. The molecule has 23 heavy (non-hydrogen) atoms. The molecule has 0 aliphatic carbocycles. The summed E-state index contributed by atoms with van der Waals surface area (Å²) in [5, 5.41) is 2.60. The lowest BCUT2D eigenvalue weighted by atomic mass is 10.2. The first-order valence-corrected chi connectivity index (χ1v) is 6.81. The summed E-state index contributed by atoms with van der Waals surface area (Å²) in [5.41, 5.74) is 0.341. The first kappa shape index (κ1) is 16.4. The minimum atomic E-state index is -0.491. The number of carbonyl (C=O) groups excluding carboxylic acids is 1. The van der Waals surface area contributed by atoms with Crippen molar-refractivity contribution in [2.45, 2.75) is 6.92 Å². The van der Waals surface area contributed by atoms with E-state index in [1.165, 1.54) is 55.2 Å². The Hall–Kier alpha value is -2.96. The minimum Gasteiger partial charge on any atom is -0.322 e. The van der Waals surface area contributed by atoms with Crippen molar-refractivity contribution in [2.75, 3.05) is 5.32 Å². The molecule has 120 valence electrons. The van der Waals surface area contributed by atoms with Gasteiger partial charge in [0.25, 0.3) is 5.56 Å². The Morgan fingerprint density at radius 1 is 1.26 bits per heavy atom. The van der Waals surface area contributed by atoms with Crippen LogP contribution in [0.15, 0.2) is 40.1 Å². The van der Waals surface area contributed by atoms with Crippen LogP contribution in [0.1, 0.15) is 11.1 Å². The van der Waals surface area contributed by atoms with Gasteiger partial charge in [0.15, 0.2) is 0 Å². The van der Waals surface area contributed by atoms with Gasteiger partial charge in [-0.3, -0.25) is 14.2 Å². The predicted octanol–water partition coefficient (Wildman–Crippen LogP) is 1.18. The summed E-state index contributed by atoms with van der Waals surface area (Å²) < 4.78 is 15.2. The van der Waals surface area contributed by atoms with Crippen molar-refractivity contribution >= 4 is 17.7 Å². The number of rotatable bonds is 3. The molecule has 2 aromatic rings. The maximum atomic E-state index is 13.0. The average Bonchev–Trinajstić information content (AvgIpc) is 2.50. The monoisotopic (exact) mass is 317 g/mol. The molecule has 0 fully saturated rings. The van der Waals surface area contributed by atoms with E-state index in [1.807, 2.05) is 0 Å². The van der Waals surface area contributed by atoms with Crippen LogP contribution in [0.25, 0.3) is 6.08 Å². The summed E-state index contributed by atoms with van der Waals surface area (Å²) in [6, 6.07) is 4.01. The van der Waals surface area contributed by atoms with Gasteiger partial charge in [-0.2, -0.15) is 0 Å². The fourth-order valence-corrected chi connectivity index (χ4v) is 2.06. The molecule has 1 aromatic heterocycles. The lowest BCUT2D eigenvalue weighted by Gasteiger charge is -2.06. The highest BCUT2D eigenvalue weighted by Crippen LogP contribution is 2.15. The van der Waals surface area contributed by atoms with Crippen molar-refractivity contribution in [3.05, 3.63) is 68.3 Å². The zero-order valence-electron chi connectivity index (χ0n) is 13.0. The molecular weight excluding hydrogens is 301 g/mol. The molecule has 7 heteroatoms. The highest BCUT2D eigenvalue weighted by molar-refractivity contribution is 6.02. The van der Waals surface area contributed by atoms with Gasteiger partial charge in [0.1, 0.15) is 5.82 Å². The summed E-state index contributed by atoms with van der Waals surface area (Å²) in [7, 11) is 2.88. The molecule has 0 spiro atoms. The zero-order chi connectivity index (χ0) is 17.1. The van der Waals surface area contributed by atoms with Crippen molar-refractivity contribution in [1.82, 2.24) is 9.13 Å². The molecule has 1 heterocycles. The van der Waals surface area contributed by atoms with Gasteiger partial charge in [-0.15, -0.1) is 0 Å². The number of anilines is 1. The van der Waals surface area contributed by atoms with Crippen LogP contribution in [0, 0.1) is 12.7 Å². The third-order valence-electron chi connectivity index (χ3n) is 3.33. The molecule has 0 unspecified atom stereocenters. The number of aryl methyl sites for hydroxylation is 2. The van der Waals surface area contributed by atoms with E-state index < -0.39 is 17.2 Å². The highest BCUT2D eigenvalue weighted by atomic mass is 19.1. The Balaban J connectivity index is 2.22. The van der Waals surface area contributed by atoms with Crippen LogP contribution in [0.3, 0.4) is 0 Å². The predicted molar refractivity (Wildman–Crippen MR) is 85.7 cm³/mol. The molecule has 0 atom stereocenters. The molecule has 0 saturated heterocycles. The molecule has 0 saturated carbocycles. The fourth-order valence-electron chi connectivity index (χ4n) is 2.06. The molecule has 1 aromatic carbocycles. The summed E-state index contributed by atoms with van der Waals surface area (Å²) in [4.78, 5) is 35.4. The number of aromatic nitrogens is 2. The Morgan fingerprint density at radius 2 is 1.96 bits per heavy atom. The second-order valence-electron chi connectivity index (χ2n) is 5.12. The van der Waals surface area contributed by atoms with Gasteiger partial charge in [-0.1, -0.05) is 0 Å². The number of hydrogen-bond donors (Lipinski definition) is 1. The molecule has 6 nitrogen and oxygen atoms in total. The van der Waals surface area contributed by atoms with Crippen LogP contribution in [0.5, 0.6) is 0 Å². The third-order valence-corrected chi connectivity index (χ3v) is 3.33. The van der Waals surface area contributed by atoms with Crippen LogP contribution in [0.2, 0.25) is 0 Å². The summed E-state index contributed by atoms with van der Waals surface area (Å²) in [6.07, 6.45) is 3.87. The number of nitrogens with zero attached hydrogens (tertiary/aromatic N) is 2. The minimum absolute atomic E-state index is 0.209. The zero-order valence-corrected chi connectivity index (χ0v) is 13.0. The number of carbonyl (C=O) groups is 1. The van der Waals surface area contributed by atoms with Gasteiger partial charge >= 0.3 is 5.69 Å². The van der Waals surface area contributed by atoms with E-state index in [-0.39, 0.29) is 11.4 Å². The Labute approximate surface area is 131 Å². The second-order valence-corrected chi connectivity index (χ2v) is 5.12. The summed E-state index contributed by atoms with van der Waals surface area (Å²) in [5.74, 6) is -0.847. The van der Waals surface area contributed by atoms with Crippen molar-refractivity contribution in [3.8, 4) is 0 Å². The van der Waals surface area contributed by atoms with E-state index in [4.69, 9.17) is 0 Å². The fraction of sp³-hybridized carbons (Fsp3) is 0.188. The Bertz CT molecular complexity index is 910. The highest BCUT2D eigenvalue weighted by Gasteiger charge is 2.06. The quantitative estimate of drug-likeness (QED) is 0.864. The molecular formula is C16H16FN3O3. The molecule has 1 amide bonds. The molecule has 0 aliphatic rings. The van der Waals surface area contributed by atoms with Crippen molar-refractivity contribution < 1.29 is 9.18 Å². The summed E-state index contributed by atoms with van der Waals surface area (Å²) in [6.45, 7) is 1.67. The number of benzene rings is 1. The molecule has 0 radical (unpaired) electrons. The Morgan fingerprint density at radius 3 is 2.61 bits per heavy atom. The normalized spacial score (nSPS) is 11.0. The second kappa shape index (κ2) is 6.43. The first-order chi connectivity index (χ1) is 10.8. The van der Waals surface area contributed by atoms with Gasteiger partial charge in [-0.25, -0.2) is 9.18 Å². The van der Waals surface area contributed by atoms with Crippen LogP contribution < -0.4 is 16.6 Å². The van der Waals surface area contributed by atoms with Gasteiger partial charge in [0, 0.05) is 32.1 Å². The van der Waals surface area contributed by atoms with Gasteiger partial charge in [0.2, 0.25) is 5.91 Å². The SMILES string of the molecule is Cc1cc(F)ccc1NC(=O)/C=C/c1cn(C)c(=O)n(C)c1=O. The van der Waals surface area contributed by atoms with Gasteiger partial charge in [0.05, 0.1) is 5.56 Å². The van der Waals surface area contributed by atoms with Gasteiger partial charge < -0.3 is 9.88 Å². The van der Waals surface area contributed by atoms with Crippen LogP contribution in [-0.2, 0) is 18.9 Å². The maximum Gasteiger partial charge on any atom is 0.330 e. The molecule has 2 rings (SSSR count). The lowest BCUT2D eigenvalue weighted by Crippen LogP contribution is -2.37. The molecule has 1 N–H and O–H groups in total. The largest absolute Gasteiger partial charge is 0.330 e. The summed E-state index contributed by atoms with van der Waals surface area (Å²) >= 11 is 0. The standard InChI is InChI=1S/C16H16FN3O3/c1-10-8-12(17)5-6-13(10)18-14(21)7-4-11-9-19(2)16(23)20(3)15(11)22/h4-9H,1-3H3,(H,18,21)/b7-4+. The smallest absolute Gasteiger partial charge is 0.322 e. The van der Waals surface area contributed by atoms with Crippen molar-refractivity contribution in [3.63, 3.8) is 0 Å². The Kier molecular flexibility index (Phi) is 4.59. The molecule has 0 bridgehead atoms. The number of hydrogen-bond acceptors (Lipinski definition) is 3. The molecule has 0 aliphatic heterocycles. The number of amides is 1. The van der Waals surface area contributed by atoms with E-state index in [0.717, 1.165) is 4.57 Å². The van der Waals surface area contributed by atoms with Gasteiger partial charge in [-0.05, 0) is 36.8 Å². The van der Waals surface area contributed by atoms with E-state index in [9.17, 15) is 18.8 Å². The van der Waals surface area contributed by atoms with E-state index >= 15 is 0 Å². The topological polar surface area (TPSA) is 73.1 Å². The van der Waals surface area contributed by atoms with Crippen molar-refractivity contribution in [1.29, 1.82) is 0 Å². The van der Waals surface area contributed by atoms with Crippen LogP contribution >= 0.6 is 0 Å². The lowest BCUT2D eigenvalue weighted by molar-refractivity contribution is -0.111. The van der Waals surface area contributed by atoms with Crippen molar-refractivity contribution in [2.24, 2.45) is 14.1 Å². The van der Waals surface area contributed by atoms with Crippen LogP contribution in [-0.4, -0.2) is 15.0 Å². The van der Waals surface area contributed by atoms with E-state index in [0.29, 0.717) is 11.3 Å². The van der Waals surface area contributed by atoms with E-state index in [1.54, 1.807) is 6.92 Å². The maximum absolute atomic E-state index is 13.0. The van der Waals surface area contributed by atoms with E-state index in [2.05, 4.69) is 5.32 Å².